The predicted octanol–water partition coefficient (Wildman–Crippen LogP) is 6.44. The first-order valence-corrected chi connectivity index (χ1v) is 13.4. The number of likely N-dealkylation sites (tertiary alicyclic amines) is 1. The summed E-state index contributed by atoms with van der Waals surface area (Å²) in [6, 6.07) is 21.5. The molecule has 0 radical (unpaired) electrons. The number of hydrogen-bond donors (Lipinski definition) is 1. The molecule has 2 aliphatic rings. The maximum absolute atomic E-state index is 13.6. The van der Waals surface area contributed by atoms with Gasteiger partial charge in [-0.15, -0.1) is 11.3 Å². The van der Waals surface area contributed by atoms with Crippen molar-refractivity contribution in [1.29, 1.82) is 0 Å². The van der Waals surface area contributed by atoms with Crippen molar-refractivity contribution in [2.45, 2.75) is 57.2 Å². The molecule has 34 heavy (non-hydrogen) atoms. The van der Waals surface area contributed by atoms with E-state index in [0.29, 0.717) is 12.5 Å². The first-order valence-electron chi connectivity index (χ1n) is 12.5. The predicted molar refractivity (Wildman–Crippen MR) is 139 cm³/mol. The van der Waals surface area contributed by atoms with Gasteiger partial charge in [0.25, 0.3) is 0 Å². The highest BCUT2D eigenvalue weighted by Crippen LogP contribution is 2.37. The molecule has 0 spiro atoms. The van der Waals surface area contributed by atoms with E-state index in [1.54, 1.807) is 18.4 Å². The minimum absolute atomic E-state index is 0.0714. The van der Waals surface area contributed by atoms with Crippen LogP contribution < -0.4 is 10.1 Å². The second-order valence-electron chi connectivity index (χ2n) is 9.50. The third-order valence-electron chi connectivity index (χ3n) is 7.42. The van der Waals surface area contributed by atoms with Gasteiger partial charge in [0.1, 0.15) is 5.75 Å². The van der Waals surface area contributed by atoms with E-state index in [0.717, 1.165) is 37.1 Å². The fraction of sp³-hybridized carbons (Fsp3) is 0.414. The molecule has 1 aliphatic carbocycles. The number of carbonyl (C=O) groups excluding carboxylic acids is 1. The van der Waals surface area contributed by atoms with E-state index in [9.17, 15) is 4.79 Å². The molecular formula is C29H34N2O2S. The molecular weight excluding hydrogens is 440 g/mol. The van der Waals surface area contributed by atoms with Crippen molar-refractivity contribution < 1.29 is 9.53 Å². The van der Waals surface area contributed by atoms with Crippen LogP contribution in [-0.4, -0.2) is 30.5 Å². The van der Waals surface area contributed by atoms with Crippen molar-refractivity contribution in [1.82, 2.24) is 10.2 Å². The summed E-state index contributed by atoms with van der Waals surface area (Å²) in [4.78, 5) is 17.0. The highest BCUT2D eigenvalue weighted by atomic mass is 32.1. The molecule has 4 nitrogen and oxygen atoms in total. The number of nitrogens with zero attached hydrogens (tertiary/aromatic N) is 1. The highest BCUT2D eigenvalue weighted by molar-refractivity contribution is 7.13. The number of amides is 1. The standard InChI is InChI=1S/C29H34N2O2S/c1-33-26-15-14-23(27-13-8-18-34-27)19-24(26)20-30-25-16-17-31(28(25)21-9-4-2-5-10-21)29(32)22-11-6-3-7-12-22/h2,4-5,8-10,13-15,18-19,22,25,28,30H,3,6-7,11-12,16-17,20H2,1H3. The van der Waals surface area contributed by atoms with Gasteiger partial charge in [-0.2, -0.15) is 0 Å². The zero-order valence-electron chi connectivity index (χ0n) is 19.9. The van der Waals surface area contributed by atoms with E-state index in [4.69, 9.17) is 4.74 Å². The second-order valence-corrected chi connectivity index (χ2v) is 10.4. The Morgan fingerprint density at radius 2 is 1.85 bits per heavy atom. The van der Waals surface area contributed by atoms with Gasteiger partial charge in [-0.3, -0.25) is 4.79 Å². The number of thiophene rings is 1. The lowest BCUT2D eigenvalue weighted by Gasteiger charge is -2.33. The molecule has 1 aliphatic heterocycles. The van der Waals surface area contributed by atoms with Gasteiger partial charge in [0.2, 0.25) is 5.91 Å². The van der Waals surface area contributed by atoms with Crippen LogP contribution >= 0.6 is 11.3 Å². The van der Waals surface area contributed by atoms with E-state index in [2.05, 4.69) is 76.3 Å². The van der Waals surface area contributed by atoms with Gasteiger partial charge in [0.05, 0.1) is 13.2 Å². The summed E-state index contributed by atoms with van der Waals surface area (Å²) in [5.41, 5.74) is 3.59. The van der Waals surface area contributed by atoms with Crippen LogP contribution in [0.1, 0.15) is 55.7 Å². The third kappa shape index (κ3) is 4.91. The SMILES string of the molecule is COc1ccc(-c2cccs2)cc1CNC1CCN(C(=O)C2CCCCC2)C1c1ccccc1. The van der Waals surface area contributed by atoms with Gasteiger partial charge in [-0.05, 0) is 60.0 Å². The zero-order chi connectivity index (χ0) is 23.3. The summed E-state index contributed by atoms with van der Waals surface area (Å²) in [5.74, 6) is 1.45. The number of carbonyl (C=O) groups is 1. The molecule has 2 atom stereocenters. The van der Waals surface area contributed by atoms with Crippen molar-refractivity contribution in [3.8, 4) is 16.2 Å². The lowest BCUT2D eigenvalue weighted by Crippen LogP contribution is -2.41. The Morgan fingerprint density at radius 1 is 1.03 bits per heavy atom. The van der Waals surface area contributed by atoms with Gasteiger partial charge < -0.3 is 15.0 Å². The number of methoxy groups -OCH3 is 1. The van der Waals surface area contributed by atoms with E-state index >= 15 is 0 Å². The van der Waals surface area contributed by atoms with E-state index < -0.39 is 0 Å². The zero-order valence-corrected chi connectivity index (χ0v) is 20.7. The van der Waals surface area contributed by atoms with Crippen molar-refractivity contribution in [3.05, 3.63) is 77.2 Å². The number of hydrogen-bond acceptors (Lipinski definition) is 4. The van der Waals surface area contributed by atoms with Crippen LogP contribution in [0.25, 0.3) is 10.4 Å². The fourth-order valence-corrected chi connectivity index (χ4v) is 6.38. The van der Waals surface area contributed by atoms with Gasteiger partial charge >= 0.3 is 0 Å². The van der Waals surface area contributed by atoms with Gasteiger partial charge in [0, 0.05) is 35.5 Å². The van der Waals surface area contributed by atoms with E-state index in [-0.39, 0.29) is 18.0 Å². The average Bonchev–Trinajstić information content (AvgIpc) is 3.58. The van der Waals surface area contributed by atoms with Crippen LogP contribution in [-0.2, 0) is 11.3 Å². The summed E-state index contributed by atoms with van der Waals surface area (Å²) < 4.78 is 5.68. The van der Waals surface area contributed by atoms with Crippen molar-refractivity contribution in [2.24, 2.45) is 5.92 Å². The van der Waals surface area contributed by atoms with Crippen LogP contribution in [0.4, 0.5) is 0 Å². The summed E-state index contributed by atoms with van der Waals surface area (Å²) in [6.45, 7) is 1.53. The van der Waals surface area contributed by atoms with E-state index in [1.807, 2.05) is 0 Å². The molecule has 0 bridgehead atoms. The van der Waals surface area contributed by atoms with E-state index in [1.165, 1.54) is 35.3 Å². The monoisotopic (exact) mass is 474 g/mol. The normalized spacial score (nSPS) is 21.0. The summed E-state index contributed by atoms with van der Waals surface area (Å²) in [6.07, 6.45) is 6.68. The molecule has 1 N–H and O–H groups in total. The molecule has 5 heteroatoms. The van der Waals surface area contributed by atoms with Crippen LogP contribution in [0, 0.1) is 5.92 Å². The minimum atomic E-state index is 0.0714. The summed E-state index contributed by atoms with van der Waals surface area (Å²) >= 11 is 1.75. The average molecular weight is 475 g/mol. The van der Waals surface area contributed by atoms with Crippen molar-refractivity contribution in [3.63, 3.8) is 0 Å². The van der Waals surface area contributed by atoms with Gasteiger partial charge in [-0.1, -0.05) is 55.7 Å². The first kappa shape index (κ1) is 23.1. The molecule has 2 heterocycles. The van der Waals surface area contributed by atoms with Crippen LogP contribution in [0.2, 0.25) is 0 Å². The number of ether oxygens (including phenoxy) is 1. The summed E-state index contributed by atoms with van der Waals surface area (Å²) in [7, 11) is 1.73. The maximum atomic E-state index is 13.6. The Kier molecular flexibility index (Phi) is 7.31. The Hall–Kier alpha value is -2.63. The number of benzene rings is 2. The molecule has 2 fully saturated rings. The molecule has 1 saturated heterocycles. The van der Waals surface area contributed by atoms with Crippen LogP contribution in [0.3, 0.4) is 0 Å². The quantitative estimate of drug-likeness (QED) is 0.429. The molecule has 1 amide bonds. The Labute approximate surface area is 207 Å². The number of nitrogens with one attached hydrogen (secondary N) is 1. The molecule has 2 aromatic carbocycles. The first-order chi connectivity index (χ1) is 16.7. The van der Waals surface area contributed by atoms with Gasteiger partial charge in [-0.25, -0.2) is 0 Å². The fourth-order valence-electron chi connectivity index (χ4n) is 5.65. The summed E-state index contributed by atoms with van der Waals surface area (Å²) in [5, 5.41) is 5.92. The highest BCUT2D eigenvalue weighted by Gasteiger charge is 2.40. The Bertz CT molecular complexity index is 1080. The molecule has 1 saturated carbocycles. The lowest BCUT2D eigenvalue weighted by atomic mass is 9.87. The molecule has 178 valence electrons. The molecule has 1 aromatic heterocycles. The lowest BCUT2D eigenvalue weighted by molar-refractivity contribution is -0.137. The van der Waals surface area contributed by atoms with Crippen LogP contribution in [0.5, 0.6) is 5.75 Å². The van der Waals surface area contributed by atoms with Crippen molar-refractivity contribution in [2.75, 3.05) is 13.7 Å². The number of rotatable bonds is 7. The largest absolute Gasteiger partial charge is 0.496 e. The van der Waals surface area contributed by atoms with Crippen LogP contribution in [0.15, 0.2) is 66.0 Å². The topological polar surface area (TPSA) is 41.6 Å². The van der Waals surface area contributed by atoms with Gasteiger partial charge in [0.15, 0.2) is 0 Å². The Balaban J connectivity index is 1.36. The molecule has 5 rings (SSSR count). The Morgan fingerprint density at radius 3 is 2.59 bits per heavy atom. The minimum Gasteiger partial charge on any atom is -0.496 e. The maximum Gasteiger partial charge on any atom is 0.226 e. The second kappa shape index (κ2) is 10.7. The third-order valence-corrected chi connectivity index (χ3v) is 8.34. The van der Waals surface area contributed by atoms with Crippen molar-refractivity contribution >= 4 is 17.2 Å². The molecule has 2 unspecified atom stereocenters. The smallest absolute Gasteiger partial charge is 0.226 e. The molecule has 3 aromatic rings.